The Bertz CT molecular complexity index is 412. The van der Waals surface area contributed by atoms with Gasteiger partial charge < -0.3 is 15.4 Å². The molecule has 1 atom stereocenters. The number of aliphatic carboxylic acids is 1. The van der Waals surface area contributed by atoms with Crippen LogP contribution in [0.4, 0.5) is 5.95 Å². The van der Waals surface area contributed by atoms with Crippen molar-refractivity contribution in [3.63, 3.8) is 0 Å². The number of nitrogens with two attached hydrogens (primary N) is 1. The molecule has 3 N–H and O–H groups in total. The Labute approximate surface area is 87.3 Å². The second-order valence-electron chi connectivity index (χ2n) is 3.90. The number of hydrogen-bond acceptors (Lipinski definition) is 4. The zero-order chi connectivity index (χ0) is 11.2. The molecule has 6 heteroatoms. The Hall–Kier alpha value is -1.56. The summed E-state index contributed by atoms with van der Waals surface area (Å²) in [6, 6.07) is -0.479. The molecule has 0 spiro atoms. The molecule has 0 fully saturated rings. The number of likely N-dealkylation sites (N-methyl/N-ethyl adjacent to an activating group) is 1. The topological polar surface area (TPSA) is 84.4 Å². The number of anilines is 1. The number of aromatic nitrogens is 2. The highest BCUT2D eigenvalue weighted by Gasteiger charge is 2.31. The molecule has 0 aromatic carbocycles. The van der Waals surface area contributed by atoms with Crippen molar-refractivity contribution in [2.45, 2.75) is 19.0 Å². The van der Waals surface area contributed by atoms with Gasteiger partial charge in [0.15, 0.2) is 5.95 Å². The van der Waals surface area contributed by atoms with Gasteiger partial charge in [0.2, 0.25) is 0 Å². The molecule has 0 radical (unpaired) electrons. The van der Waals surface area contributed by atoms with E-state index in [4.69, 9.17) is 10.8 Å². The number of fused-ring (bicyclic) bond motifs is 1. The SMILES string of the molecule is CN1Cc2nc(N)n(C)c2CC1C(=O)O. The lowest BCUT2D eigenvalue weighted by Gasteiger charge is -2.28. The van der Waals surface area contributed by atoms with E-state index in [0.717, 1.165) is 11.4 Å². The summed E-state index contributed by atoms with van der Waals surface area (Å²) in [6.45, 7) is 0.539. The van der Waals surface area contributed by atoms with Gasteiger partial charge in [-0.1, -0.05) is 0 Å². The van der Waals surface area contributed by atoms with E-state index in [1.807, 2.05) is 7.05 Å². The van der Waals surface area contributed by atoms with Crippen LogP contribution in [0.15, 0.2) is 0 Å². The van der Waals surface area contributed by atoms with E-state index in [1.54, 1.807) is 16.5 Å². The Morgan fingerprint density at radius 3 is 2.87 bits per heavy atom. The van der Waals surface area contributed by atoms with Crippen LogP contribution in [0.3, 0.4) is 0 Å². The molecule has 2 heterocycles. The molecule has 1 aromatic rings. The maximum atomic E-state index is 11.0. The summed E-state index contributed by atoms with van der Waals surface area (Å²) in [6.07, 6.45) is 0.460. The fourth-order valence-electron chi connectivity index (χ4n) is 1.95. The molecule has 82 valence electrons. The third kappa shape index (κ3) is 1.46. The van der Waals surface area contributed by atoms with E-state index in [0.29, 0.717) is 18.9 Å². The average molecular weight is 210 g/mol. The van der Waals surface area contributed by atoms with Gasteiger partial charge in [0, 0.05) is 25.7 Å². The second kappa shape index (κ2) is 3.23. The van der Waals surface area contributed by atoms with Gasteiger partial charge in [0.1, 0.15) is 6.04 Å². The predicted molar refractivity (Wildman–Crippen MR) is 54.2 cm³/mol. The minimum atomic E-state index is -0.803. The molecule has 0 saturated heterocycles. The maximum Gasteiger partial charge on any atom is 0.321 e. The first kappa shape index (κ1) is 9.97. The van der Waals surface area contributed by atoms with Crippen LogP contribution >= 0.6 is 0 Å². The molecule has 0 bridgehead atoms. The van der Waals surface area contributed by atoms with E-state index in [2.05, 4.69) is 4.98 Å². The molecule has 0 amide bonds. The molecule has 0 aliphatic carbocycles. The van der Waals surface area contributed by atoms with Crippen LogP contribution in [0.1, 0.15) is 11.4 Å². The van der Waals surface area contributed by atoms with E-state index < -0.39 is 12.0 Å². The van der Waals surface area contributed by atoms with Crippen molar-refractivity contribution in [2.75, 3.05) is 12.8 Å². The number of nitrogens with zero attached hydrogens (tertiary/aromatic N) is 3. The normalized spacial score (nSPS) is 21.3. The van der Waals surface area contributed by atoms with Gasteiger partial charge in [-0.2, -0.15) is 0 Å². The third-order valence-corrected chi connectivity index (χ3v) is 2.93. The monoisotopic (exact) mass is 210 g/mol. The molecule has 1 aliphatic rings. The lowest BCUT2D eigenvalue weighted by Crippen LogP contribution is -2.43. The molecule has 1 aromatic heterocycles. The van der Waals surface area contributed by atoms with Crippen LogP contribution < -0.4 is 5.73 Å². The maximum absolute atomic E-state index is 11.0. The molecule has 6 nitrogen and oxygen atoms in total. The summed E-state index contributed by atoms with van der Waals surface area (Å²) < 4.78 is 1.76. The van der Waals surface area contributed by atoms with Crippen molar-refractivity contribution in [3.8, 4) is 0 Å². The quantitative estimate of drug-likeness (QED) is 0.649. The van der Waals surface area contributed by atoms with Gasteiger partial charge in [-0.15, -0.1) is 0 Å². The van der Waals surface area contributed by atoms with Crippen molar-refractivity contribution in [1.82, 2.24) is 14.5 Å². The summed E-state index contributed by atoms with van der Waals surface area (Å²) in [4.78, 5) is 17.0. The van der Waals surface area contributed by atoms with Crippen LogP contribution in [-0.4, -0.2) is 38.6 Å². The van der Waals surface area contributed by atoms with E-state index in [9.17, 15) is 4.79 Å². The Balaban J connectivity index is 2.39. The van der Waals surface area contributed by atoms with Gasteiger partial charge >= 0.3 is 5.97 Å². The highest BCUT2D eigenvalue weighted by Crippen LogP contribution is 2.23. The predicted octanol–water partition coefficient (Wildman–Crippen LogP) is -0.557. The van der Waals surface area contributed by atoms with Crippen LogP contribution in [0, 0.1) is 0 Å². The number of hydrogen-bond donors (Lipinski definition) is 2. The zero-order valence-electron chi connectivity index (χ0n) is 8.77. The number of carboxylic acid groups (broad SMARTS) is 1. The minimum Gasteiger partial charge on any atom is -0.480 e. The number of carboxylic acids is 1. The summed E-state index contributed by atoms with van der Waals surface area (Å²) in [5.41, 5.74) is 7.49. The van der Waals surface area contributed by atoms with E-state index in [-0.39, 0.29) is 0 Å². The zero-order valence-corrected chi connectivity index (χ0v) is 8.77. The number of rotatable bonds is 1. The molecule has 1 unspecified atom stereocenters. The highest BCUT2D eigenvalue weighted by molar-refractivity contribution is 5.74. The number of imidazole rings is 1. The molecule has 2 rings (SSSR count). The van der Waals surface area contributed by atoms with Crippen LogP contribution in [0.5, 0.6) is 0 Å². The summed E-state index contributed by atoms with van der Waals surface area (Å²) >= 11 is 0. The second-order valence-corrected chi connectivity index (χ2v) is 3.90. The third-order valence-electron chi connectivity index (χ3n) is 2.93. The van der Waals surface area contributed by atoms with Crippen LogP contribution in [0.25, 0.3) is 0 Å². The highest BCUT2D eigenvalue weighted by atomic mass is 16.4. The van der Waals surface area contributed by atoms with E-state index in [1.165, 1.54) is 0 Å². The first-order valence-electron chi connectivity index (χ1n) is 4.73. The summed E-state index contributed by atoms with van der Waals surface area (Å²) in [7, 11) is 3.60. The first-order valence-corrected chi connectivity index (χ1v) is 4.73. The molecular weight excluding hydrogens is 196 g/mol. The van der Waals surface area contributed by atoms with Crippen molar-refractivity contribution in [1.29, 1.82) is 0 Å². The minimum absolute atomic E-state index is 0.444. The fraction of sp³-hybridized carbons (Fsp3) is 0.556. The largest absolute Gasteiger partial charge is 0.480 e. The van der Waals surface area contributed by atoms with Gasteiger partial charge in [0.05, 0.1) is 5.69 Å². The van der Waals surface area contributed by atoms with Crippen molar-refractivity contribution in [3.05, 3.63) is 11.4 Å². The van der Waals surface area contributed by atoms with Gasteiger partial charge in [-0.25, -0.2) is 4.98 Å². The number of carbonyl (C=O) groups is 1. The summed E-state index contributed by atoms with van der Waals surface area (Å²) in [5.74, 6) is -0.359. The molecule has 1 aliphatic heterocycles. The fourth-order valence-corrected chi connectivity index (χ4v) is 1.95. The lowest BCUT2D eigenvalue weighted by molar-refractivity contribution is -0.143. The van der Waals surface area contributed by atoms with Crippen LogP contribution in [0.2, 0.25) is 0 Å². The van der Waals surface area contributed by atoms with Crippen molar-refractivity contribution in [2.24, 2.45) is 7.05 Å². The molecule has 0 saturated carbocycles. The molecule has 15 heavy (non-hydrogen) atoms. The van der Waals surface area contributed by atoms with E-state index >= 15 is 0 Å². The Morgan fingerprint density at radius 1 is 1.60 bits per heavy atom. The van der Waals surface area contributed by atoms with Crippen molar-refractivity contribution < 1.29 is 9.90 Å². The smallest absolute Gasteiger partial charge is 0.321 e. The number of nitrogen functional groups attached to an aromatic ring is 1. The average Bonchev–Trinajstić information content (AvgIpc) is 2.41. The summed E-state index contributed by atoms with van der Waals surface area (Å²) in [5, 5.41) is 9.03. The van der Waals surface area contributed by atoms with Crippen molar-refractivity contribution >= 4 is 11.9 Å². The first-order chi connectivity index (χ1) is 7.00. The van der Waals surface area contributed by atoms with Gasteiger partial charge in [-0.05, 0) is 7.05 Å². The molecular formula is C9H14N4O2. The van der Waals surface area contributed by atoms with Gasteiger partial charge in [-0.3, -0.25) is 9.69 Å². The van der Waals surface area contributed by atoms with Crippen LogP contribution in [-0.2, 0) is 24.8 Å². The Kier molecular flexibility index (Phi) is 2.15. The standard InChI is InChI=1S/C9H14N4O2/c1-12-4-5-6(3-7(12)8(14)15)13(2)9(10)11-5/h7H,3-4H2,1-2H3,(H2,10,11)(H,14,15). The Morgan fingerprint density at radius 2 is 2.27 bits per heavy atom. The van der Waals surface area contributed by atoms with Gasteiger partial charge in [0.25, 0.3) is 0 Å². The lowest BCUT2D eigenvalue weighted by atomic mass is 10.0.